The first-order chi connectivity index (χ1) is 8.79. The fourth-order valence-electron chi connectivity index (χ4n) is 1.40. The SMILES string of the molecule is O=C(Nc1ccccn1)c1ccc(OBO)cc1. The lowest BCUT2D eigenvalue weighted by Crippen LogP contribution is -2.12. The summed E-state index contributed by atoms with van der Waals surface area (Å²) in [6, 6.07) is 11.7. The Labute approximate surface area is 105 Å². The summed E-state index contributed by atoms with van der Waals surface area (Å²) in [6.07, 6.45) is 1.60. The summed E-state index contributed by atoms with van der Waals surface area (Å²) in [7, 11) is -0.389. The molecule has 18 heavy (non-hydrogen) atoms. The minimum absolute atomic E-state index is 0.246. The lowest BCUT2D eigenvalue weighted by Gasteiger charge is -2.05. The Morgan fingerprint density at radius 3 is 2.61 bits per heavy atom. The fraction of sp³-hybridized carbons (Fsp3) is 0. The van der Waals surface area contributed by atoms with Gasteiger partial charge in [-0.2, -0.15) is 0 Å². The van der Waals surface area contributed by atoms with Crippen molar-refractivity contribution in [2.75, 3.05) is 5.32 Å². The van der Waals surface area contributed by atoms with Crippen molar-refractivity contribution in [3.05, 3.63) is 54.2 Å². The van der Waals surface area contributed by atoms with E-state index < -0.39 is 0 Å². The number of hydrogen-bond donors (Lipinski definition) is 2. The molecule has 0 unspecified atom stereocenters. The Hall–Kier alpha value is -2.34. The number of anilines is 1. The predicted octanol–water partition coefficient (Wildman–Crippen LogP) is 0.971. The van der Waals surface area contributed by atoms with Gasteiger partial charge in [-0.05, 0) is 36.4 Å². The summed E-state index contributed by atoms with van der Waals surface area (Å²) in [5.74, 6) is 0.759. The first-order valence-electron chi connectivity index (χ1n) is 5.35. The number of rotatable bonds is 4. The quantitative estimate of drug-likeness (QED) is 0.783. The first kappa shape index (κ1) is 12.1. The van der Waals surface area contributed by atoms with Gasteiger partial charge in [0.15, 0.2) is 0 Å². The maximum absolute atomic E-state index is 11.8. The number of nitrogens with zero attached hydrogens (tertiary/aromatic N) is 1. The number of hydrogen-bond acceptors (Lipinski definition) is 4. The standard InChI is InChI=1S/C12H11BN2O3/c16-12(15-11-3-1-2-8-14-11)9-4-6-10(7-5-9)18-13-17/h1-8,13,17H,(H,14,15,16). The van der Waals surface area contributed by atoms with Crippen LogP contribution < -0.4 is 9.97 Å². The molecule has 0 saturated heterocycles. The smallest absolute Gasteiger partial charge is 0.504 e. The van der Waals surface area contributed by atoms with E-state index in [1.807, 2.05) is 0 Å². The van der Waals surface area contributed by atoms with E-state index in [9.17, 15) is 4.79 Å². The highest BCUT2D eigenvalue weighted by molar-refractivity contribution is 6.17. The highest BCUT2D eigenvalue weighted by atomic mass is 16.5. The normalized spacial score (nSPS) is 9.61. The van der Waals surface area contributed by atoms with Crippen LogP contribution in [0.25, 0.3) is 0 Å². The van der Waals surface area contributed by atoms with Gasteiger partial charge in [-0.1, -0.05) is 6.07 Å². The van der Waals surface area contributed by atoms with Crippen molar-refractivity contribution in [3.63, 3.8) is 0 Å². The van der Waals surface area contributed by atoms with Gasteiger partial charge < -0.3 is 15.0 Å². The van der Waals surface area contributed by atoms with Crippen molar-refractivity contribution in [2.24, 2.45) is 0 Å². The Morgan fingerprint density at radius 2 is 2.00 bits per heavy atom. The summed E-state index contributed by atoms with van der Waals surface area (Å²) in [5.41, 5.74) is 0.492. The molecule has 5 nitrogen and oxygen atoms in total. The molecule has 1 heterocycles. The number of carbonyl (C=O) groups excluding carboxylic acids is 1. The number of aromatic nitrogens is 1. The first-order valence-corrected chi connectivity index (χ1v) is 5.35. The van der Waals surface area contributed by atoms with E-state index in [0.29, 0.717) is 17.1 Å². The molecule has 0 radical (unpaired) electrons. The second kappa shape index (κ2) is 5.83. The van der Waals surface area contributed by atoms with Crippen LogP contribution in [0.4, 0.5) is 5.82 Å². The summed E-state index contributed by atoms with van der Waals surface area (Å²) < 4.78 is 4.87. The number of carbonyl (C=O) groups is 1. The molecule has 0 saturated carbocycles. The van der Waals surface area contributed by atoms with Crippen LogP contribution in [-0.2, 0) is 0 Å². The van der Waals surface area contributed by atoms with E-state index in [-0.39, 0.29) is 13.6 Å². The molecule has 2 aromatic rings. The molecule has 90 valence electrons. The Balaban J connectivity index is 2.05. The van der Waals surface area contributed by atoms with Gasteiger partial charge in [0, 0.05) is 11.8 Å². The Kier molecular flexibility index (Phi) is 3.93. The van der Waals surface area contributed by atoms with Crippen LogP contribution >= 0.6 is 0 Å². The van der Waals surface area contributed by atoms with E-state index in [2.05, 4.69) is 10.3 Å². The van der Waals surface area contributed by atoms with E-state index in [0.717, 1.165) is 0 Å². The minimum atomic E-state index is -0.389. The predicted molar refractivity (Wildman–Crippen MR) is 68.6 cm³/mol. The van der Waals surface area contributed by atoms with E-state index in [1.165, 1.54) is 0 Å². The molecule has 0 aliphatic carbocycles. The number of benzene rings is 1. The fourth-order valence-corrected chi connectivity index (χ4v) is 1.40. The van der Waals surface area contributed by atoms with E-state index in [1.54, 1.807) is 48.7 Å². The molecule has 0 aliphatic heterocycles. The van der Waals surface area contributed by atoms with E-state index in [4.69, 9.17) is 9.68 Å². The molecule has 0 aliphatic rings. The second-order valence-electron chi connectivity index (χ2n) is 3.47. The van der Waals surface area contributed by atoms with Gasteiger partial charge in [0.25, 0.3) is 5.91 Å². The number of nitrogens with one attached hydrogen (secondary N) is 1. The molecule has 6 heteroatoms. The molecule has 1 amide bonds. The zero-order valence-electron chi connectivity index (χ0n) is 9.54. The van der Waals surface area contributed by atoms with Crippen LogP contribution in [0.3, 0.4) is 0 Å². The van der Waals surface area contributed by atoms with Crippen LogP contribution in [0, 0.1) is 0 Å². The summed E-state index contributed by atoms with van der Waals surface area (Å²) in [4.78, 5) is 15.8. The van der Waals surface area contributed by atoms with Gasteiger partial charge >= 0.3 is 7.69 Å². The van der Waals surface area contributed by atoms with Crippen LogP contribution in [0.1, 0.15) is 10.4 Å². The summed E-state index contributed by atoms with van der Waals surface area (Å²) >= 11 is 0. The van der Waals surface area contributed by atoms with Crippen LogP contribution in [0.5, 0.6) is 5.75 Å². The van der Waals surface area contributed by atoms with Crippen molar-refractivity contribution >= 4 is 19.4 Å². The Bertz CT molecular complexity index is 517. The Morgan fingerprint density at radius 1 is 1.22 bits per heavy atom. The molecule has 1 aromatic heterocycles. The van der Waals surface area contributed by atoms with Crippen molar-refractivity contribution < 1.29 is 14.5 Å². The molecule has 2 rings (SSSR count). The van der Waals surface area contributed by atoms with Crippen molar-refractivity contribution in [1.82, 2.24) is 4.98 Å². The minimum Gasteiger partial charge on any atom is -0.539 e. The summed E-state index contributed by atoms with van der Waals surface area (Å²) in [6.45, 7) is 0. The molecular weight excluding hydrogens is 231 g/mol. The van der Waals surface area contributed by atoms with Gasteiger partial charge in [0.05, 0.1) is 0 Å². The largest absolute Gasteiger partial charge is 0.539 e. The molecule has 0 bridgehead atoms. The second-order valence-corrected chi connectivity index (χ2v) is 3.47. The number of pyridine rings is 1. The van der Waals surface area contributed by atoms with Crippen molar-refractivity contribution in [3.8, 4) is 5.75 Å². The third-order valence-electron chi connectivity index (χ3n) is 2.25. The molecule has 1 aromatic carbocycles. The maximum Gasteiger partial charge on any atom is 0.504 e. The van der Waals surface area contributed by atoms with Gasteiger partial charge in [0.2, 0.25) is 0 Å². The van der Waals surface area contributed by atoms with Crippen molar-refractivity contribution in [1.29, 1.82) is 0 Å². The number of amides is 1. The van der Waals surface area contributed by atoms with Gasteiger partial charge in [0.1, 0.15) is 11.6 Å². The molecule has 0 atom stereocenters. The van der Waals surface area contributed by atoms with Gasteiger partial charge in [-0.3, -0.25) is 4.79 Å². The van der Waals surface area contributed by atoms with Crippen LogP contribution in [-0.4, -0.2) is 23.6 Å². The third kappa shape index (κ3) is 3.08. The lowest BCUT2D eigenvalue weighted by atomic mass is 10.2. The maximum atomic E-state index is 11.8. The monoisotopic (exact) mass is 242 g/mol. The molecule has 2 N–H and O–H groups in total. The summed E-state index contributed by atoms with van der Waals surface area (Å²) in [5, 5.41) is 11.3. The van der Waals surface area contributed by atoms with Crippen LogP contribution in [0.15, 0.2) is 48.7 Å². The topological polar surface area (TPSA) is 71.5 Å². The average Bonchev–Trinajstić information content (AvgIpc) is 2.41. The van der Waals surface area contributed by atoms with Crippen LogP contribution in [0.2, 0.25) is 0 Å². The molecule has 0 fully saturated rings. The zero-order chi connectivity index (χ0) is 12.8. The highest BCUT2D eigenvalue weighted by Crippen LogP contribution is 2.12. The van der Waals surface area contributed by atoms with Gasteiger partial charge in [-0.15, -0.1) is 0 Å². The van der Waals surface area contributed by atoms with E-state index >= 15 is 0 Å². The molecule has 0 spiro atoms. The average molecular weight is 242 g/mol. The lowest BCUT2D eigenvalue weighted by molar-refractivity contribution is 0.102. The van der Waals surface area contributed by atoms with Gasteiger partial charge in [-0.25, -0.2) is 4.98 Å². The highest BCUT2D eigenvalue weighted by Gasteiger charge is 2.06. The molecular formula is C12H11BN2O3. The third-order valence-corrected chi connectivity index (χ3v) is 2.25. The van der Waals surface area contributed by atoms with Crippen molar-refractivity contribution in [2.45, 2.75) is 0 Å². The zero-order valence-corrected chi connectivity index (χ0v) is 9.54.